The van der Waals surface area contributed by atoms with Crippen molar-refractivity contribution in [1.82, 2.24) is 14.8 Å². The quantitative estimate of drug-likeness (QED) is 0.504. The third kappa shape index (κ3) is 2.19. The molecular formula is C21H13FN4O2. The van der Waals surface area contributed by atoms with Crippen LogP contribution in [0.5, 0.6) is 0 Å². The number of hydrogen-bond donors (Lipinski definition) is 0. The van der Waals surface area contributed by atoms with Crippen LogP contribution in [-0.2, 0) is 0 Å². The molecule has 5 rings (SSSR count). The normalized spacial score (nSPS) is 13.4. The second-order valence-corrected chi connectivity index (χ2v) is 6.50. The predicted octanol–water partition coefficient (Wildman–Crippen LogP) is 3.67. The molecule has 7 heteroatoms. The van der Waals surface area contributed by atoms with E-state index in [9.17, 15) is 14.0 Å². The van der Waals surface area contributed by atoms with Crippen LogP contribution < -0.4 is 4.90 Å². The highest BCUT2D eigenvalue weighted by molar-refractivity contribution is 6.37. The Bertz CT molecular complexity index is 1260. The van der Waals surface area contributed by atoms with Crippen LogP contribution in [0.2, 0.25) is 0 Å². The molecule has 0 unspecified atom stereocenters. The number of pyridine rings is 1. The van der Waals surface area contributed by atoms with E-state index in [0.29, 0.717) is 33.7 Å². The minimum Gasteiger partial charge on any atom is -0.268 e. The van der Waals surface area contributed by atoms with Crippen molar-refractivity contribution in [2.45, 2.75) is 6.92 Å². The number of carbonyl (C=O) groups is 2. The number of aryl methyl sites for hydroxylation is 1. The van der Waals surface area contributed by atoms with Crippen LogP contribution in [0.15, 0.2) is 60.8 Å². The number of nitrogens with zero attached hydrogens (tertiary/aromatic N) is 4. The number of anilines is 1. The van der Waals surface area contributed by atoms with E-state index >= 15 is 0 Å². The molecule has 1 aliphatic heterocycles. The van der Waals surface area contributed by atoms with Gasteiger partial charge in [0, 0.05) is 6.20 Å². The number of aromatic nitrogens is 3. The number of halogens is 1. The smallest absolute Gasteiger partial charge is 0.267 e. The van der Waals surface area contributed by atoms with Gasteiger partial charge in [-0.2, -0.15) is 5.10 Å². The number of imide groups is 1. The van der Waals surface area contributed by atoms with Gasteiger partial charge in [-0.1, -0.05) is 18.2 Å². The topological polar surface area (TPSA) is 68.1 Å². The minimum absolute atomic E-state index is 0.253. The first-order chi connectivity index (χ1) is 13.6. The zero-order valence-corrected chi connectivity index (χ0v) is 14.8. The zero-order valence-electron chi connectivity index (χ0n) is 14.8. The molecule has 0 bridgehead atoms. The Kier molecular flexibility index (Phi) is 3.39. The summed E-state index contributed by atoms with van der Waals surface area (Å²) in [5.74, 6) is -1.17. The van der Waals surface area contributed by atoms with E-state index in [1.807, 2.05) is 6.07 Å². The van der Waals surface area contributed by atoms with Gasteiger partial charge in [0.15, 0.2) is 5.65 Å². The number of hydrogen-bond acceptors (Lipinski definition) is 4. The van der Waals surface area contributed by atoms with Gasteiger partial charge in [-0.3, -0.25) is 9.59 Å². The number of rotatable bonds is 2. The molecule has 2 aromatic heterocycles. The van der Waals surface area contributed by atoms with Crippen molar-refractivity contribution in [3.63, 3.8) is 0 Å². The summed E-state index contributed by atoms with van der Waals surface area (Å²) < 4.78 is 14.8. The molecule has 1 aliphatic rings. The fraction of sp³-hybridized carbons (Fsp3) is 0.0476. The summed E-state index contributed by atoms with van der Waals surface area (Å²) >= 11 is 0. The average molecular weight is 372 g/mol. The second-order valence-electron chi connectivity index (χ2n) is 6.50. The number of carbonyl (C=O) groups excluding carboxylic acids is 2. The molecule has 136 valence electrons. The summed E-state index contributed by atoms with van der Waals surface area (Å²) in [6.45, 7) is 1.76. The molecule has 6 nitrogen and oxygen atoms in total. The number of amides is 2. The second kappa shape index (κ2) is 5.82. The minimum atomic E-state index is -0.408. The van der Waals surface area contributed by atoms with Crippen molar-refractivity contribution in [3.05, 3.63) is 83.4 Å². The summed E-state index contributed by atoms with van der Waals surface area (Å²) in [7, 11) is 0. The lowest BCUT2D eigenvalue weighted by Crippen LogP contribution is -2.29. The molecule has 0 fully saturated rings. The van der Waals surface area contributed by atoms with Crippen LogP contribution in [0.25, 0.3) is 16.7 Å². The van der Waals surface area contributed by atoms with Crippen molar-refractivity contribution in [3.8, 4) is 5.69 Å². The van der Waals surface area contributed by atoms with Crippen LogP contribution in [-0.4, -0.2) is 26.6 Å². The maximum Gasteiger partial charge on any atom is 0.267 e. The highest BCUT2D eigenvalue weighted by atomic mass is 19.1. The van der Waals surface area contributed by atoms with Gasteiger partial charge in [0.2, 0.25) is 0 Å². The fourth-order valence-corrected chi connectivity index (χ4v) is 3.53. The summed E-state index contributed by atoms with van der Waals surface area (Å²) in [4.78, 5) is 31.6. The van der Waals surface area contributed by atoms with Gasteiger partial charge in [-0.25, -0.2) is 19.0 Å². The lowest BCUT2D eigenvalue weighted by molar-refractivity contribution is 0.0926. The monoisotopic (exact) mass is 372 g/mol. The molecule has 4 aromatic rings. The zero-order chi connectivity index (χ0) is 19.4. The molecule has 0 spiro atoms. The van der Waals surface area contributed by atoms with E-state index in [1.165, 1.54) is 18.3 Å². The SMILES string of the molecule is Cc1nn(-c2ccc(F)cc2)c2ncc3c(c12)C(=O)N(c1ccccc1)C3=O. The molecule has 28 heavy (non-hydrogen) atoms. The molecule has 0 N–H and O–H groups in total. The Balaban J connectivity index is 1.73. The molecule has 0 atom stereocenters. The number of benzene rings is 2. The molecule has 0 saturated carbocycles. The fourth-order valence-electron chi connectivity index (χ4n) is 3.53. The van der Waals surface area contributed by atoms with E-state index < -0.39 is 11.8 Å². The number of para-hydroxylation sites is 1. The molecule has 3 heterocycles. The maximum absolute atomic E-state index is 13.3. The Hall–Kier alpha value is -3.87. The Labute approximate surface area is 158 Å². The van der Waals surface area contributed by atoms with Gasteiger partial charge in [-0.05, 0) is 43.3 Å². The van der Waals surface area contributed by atoms with Gasteiger partial charge in [-0.15, -0.1) is 0 Å². The van der Waals surface area contributed by atoms with E-state index in [2.05, 4.69) is 10.1 Å². The first-order valence-electron chi connectivity index (χ1n) is 8.64. The highest BCUT2D eigenvalue weighted by Gasteiger charge is 2.39. The summed E-state index contributed by atoms with van der Waals surface area (Å²) in [6.07, 6.45) is 1.40. The summed E-state index contributed by atoms with van der Waals surface area (Å²) in [5, 5.41) is 5.00. The van der Waals surface area contributed by atoms with E-state index in [1.54, 1.807) is 48.0 Å². The molecule has 2 amide bonds. The summed E-state index contributed by atoms with van der Waals surface area (Å²) in [6, 6.07) is 14.6. The molecule has 0 aliphatic carbocycles. The van der Waals surface area contributed by atoms with Crippen molar-refractivity contribution in [2.75, 3.05) is 4.90 Å². The van der Waals surface area contributed by atoms with Crippen molar-refractivity contribution >= 4 is 28.5 Å². The largest absolute Gasteiger partial charge is 0.268 e. The first-order valence-corrected chi connectivity index (χ1v) is 8.64. The third-order valence-electron chi connectivity index (χ3n) is 4.81. The van der Waals surface area contributed by atoms with Gasteiger partial charge < -0.3 is 0 Å². The molecule has 0 radical (unpaired) electrons. The standard InChI is InChI=1S/C21H13FN4O2/c1-12-17-18-16(20(27)25(21(18)28)14-5-3-2-4-6-14)11-23-19(17)26(24-12)15-9-7-13(22)8-10-15/h2-11H,1H3. The molecule has 0 saturated heterocycles. The van der Waals surface area contributed by atoms with E-state index in [-0.39, 0.29) is 11.4 Å². The first kappa shape index (κ1) is 16.3. The molecule has 2 aromatic carbocycles. The number of fused-ring (bicyclic) bond motifs is 3. The van der Waals surface area contributed by atoms with Gasteiger partial charge in [0.1, 0.15) is 5.82 Å². The summed E-state index contributed by atoms with van der Waals surface area (Å²) in [5.41, 5.74) is 2.68. The van der Waals surface area contributed by atoms with E-state index in [4.69, 9.17) is 0 Å². The predicted molar refractivity (Wildman–Crippen MR) is 101 cm³/mol. The molecular weight excluding hydrogens is 359 g/mol. The van der Waals surface area contributed by atoms with Crippen LogP contribution in [0.3, 0.4) is 0 Å². The van der Waals surface area contributed by atoms with Crippen LogP contribution in [0.1, 0.15) is 26.4 Å². The van der Waals surface area contributed by atoms with Crippen molar-refractivity contribution < 1.29 is 14.0 Å². The van der Waals surface area contributed by atoms with Crippen LogP contribution in [0, 0.1) is 12.7 Å². The van der Waals surface area contributed by atoms with Gasteiger partial charge >= 0.3 is 0 Å². The highest BCUT2D eigenvalue weighted by Crippen LogP contribution is 2.34. The van der Waals surface area contributed by atoms with Crippen molar-refractivity contribution in [1.29, 1.82) is 0 Å². The third-order valence-corrected chi connectivity index (χ3v) is 4.81. The Morgan fingerprint density at radius 3 is 2.32 bits per heavy atom. The Morgan fingerprint density at radius 1 is 0.893 bits per heavy atom. The van der Waals surface area contributed by atoms with E-state index in [0.717, 1.165) is 4.90 Å². The average Bonchev–Trinajstić information content (AvgIpc) is 3.17. The van der Waals surface area contributed by atoms with Crippen molar-refractivity contribution in [2.24, 2.45) is 0 Å². The van der Waals surface area contributed by atoms with Crippen LogP contribution >= 0.6 is 0 Å². The lowest BCUT2D eigenvalue weighted by atomic mass is 10.1. The van der Waals surface area contributed by atoms with Gasteiger partial charge in [0.25, 0.3) is 11.8 Å². The Morgan fingerprint density at radius 2 is 1.61 bits per heavy atom. The van der Waals surface area contributed by atoms with Crippen LogP contribution in [0.4, 0.5) is 10.1 Å². The van der Waals surface area contributed by atoms with Gasteiger partial charge in [0.05, 0.1) is 33.6 Å². The maximum atomic E-state index is 13.3. The lowest BCUT2D eigenvalue weighted by Gasteiger charge is -2.13.